The highest BCUT2D eigenvalue weighted by atomic mass is 35.5. The number of para-hydroxylation sites is 1. The first-order chi connectivity index (χ1) is 16.6. The summed E-state index contributed by atoms with van der Waals surface area (Å²) in [7, 11) is 0. The molecule has 0 radical (unpaired) electrons. The predicted molar refractivity (Wildman–Crippen MR) is 128 cm³/mol. The molecule has 0 saturated carbocycles. The second-order valence-electron chi connectivity index (χ2n) is 8.84. The molecule has 0 unspecified atom stereocenters. The van der Waals surface area contributed by atoms with E-state index in [0.29, 0.717) is 55.1 Å². The smallest absolute Gasteiger partial charge is 0.241 e. The lowest BCUT2D eigenvalue weighted by atomic mass is 9.95. The third-order valence-corrected chi connectivity index (χ3v) is 6.87. The Bertz CT molecular complexity index is 1140. The van der Waals surface area contributed by atoms with E-state index in [2.05, 4.69) is 15.0 Å². The van der Waals surface area contributed by atoms with E-state index in [1.165, 1.54) is 6.07 Å². The van der Waals surface area contributed by atoms with Gasteiger partial charge in [0.05, 0.1) is 12.2 Å². The topological polar surface area (TPSA) is 65.7 Å². The van der Waals surface area contributed by atoms with Crippen molar-refractivity contribution in [3.05, 3.63) is 65.3 Å². The van der Waals surface area contributed by atoms with Crippen LogP contribution in [-0.4, -0.2) is 65.1 Å². The van der Waals surface area contributed by atoms with Crippen molar-refractivity contribution < 1.29 is 13.7 Å². The largest absolute Gasteiger partial charge is 0.366 e. The number of aromatic nitrogens is 2. The Kier molecular flexibility index (Phi) is 6.78. The van der Waals surface area contributed by atoms with Crippen molar-refractivity contribution in [1.82, 2.24) is 19.9 Å². The number of amides is 1. The Morgan fingerprint density at radius 1 is 1.03 bits per heavy atom. The van der Waals surface area contributed by atoms with Crippen molar-refractivity contribution in [1.29, 1.82) is 0 Å². The molecule has 5 rings (SSSR count). The molecule has 178 valence electrons. The zero-order chi connectivity index (χ0) is 23.5. The number of rotatable bonds is 5. The van der Waals surface area contributed by atoms with Gasteiger partial charge in [0.1, 0.15) is 5.82 Å². The maximum absolute atomic E-state index is 14.1. The van der Waals surface area contributed by atoms with E-state index in [1.54, 1.807) is 18.2 Å². The Labute approximate surface area is 203 Å². The number of benzene rings is 2. The third-order valence-electron chi connectivity index (χ3n) is 6.63. The first-order valence-electron chi connectivity index (χ1n) is 11.7. The van der Waals surface area contributed by atoms with E-state index in [4.69, 9.17) is 16.1 Å². The number of nitrogens with zero attached hydrogens (tertiary/aromatic N) is 5. The molecule has 0 aliphatic carbocycles. The summed E-state index contributed by atoms with van der Waals surface area (Å²) in [5.74, 6) is 1.12. The lowest BCUT2D eigenvalue weighted by Gasteiger charge is -2.39. The van der Waals surface area contributed by atoms with Crippen molar-refractivity contribution in [3.8, 4) is 11.4 Å². The molecule has 2 aliphatic heterocycles. The molecule has 0 bridgehead atoms. The van der Waals surface area contributed by atoms with Crippen LogP contribution in [0, 0.1) is 11.7 Å². The minimum Gasteiger partial charge on any atom is -0.366 e. The van der Waals surface area contributed by atoms with Crippen LogP contribution >= 0.6 is 11.6 Å². The summed E-state index contributed by atoms with van der Waals surface area (Å²) in [4.78, 5) is 23.8. The fourth-order valence-corrected chi connectivity index (χ4v) is 4.92. The minimum absolute atomic E-state index is 0.0287. The van der Waals surface area contributed by atoms with Crippen LogP contribution in [0.25, 0.3) is 11.4 Å². The highest BCUT2D eigenvalue weighted by Crippen LogP contribution is 2.25. The van der Waals surface area contributed by atoms with Crippen molar-refractivity contribution in [2.75, 3.05) is 44.2 Å². The summed E-state index contributed by atoms with van der Waals surface area (Å²) in [6.07, 6.45) is 1.61. The molecule has 34 heavy (non-hydrogen) atoms. The van der Waals surface area contributed by atoms with Crippen LogP contribution in [0.3, 0.4) is 0 Å². The predicted octanol–water partition coefficient (Wildman–Crippen LogP) is 4.09. The first kappa shape index (κ1) is 22.8. The van der Waals surface area contributed by atoms with Gasteiger partial charge in [0.2, 0.25) is 17.6 Å². The number of anilines is 1. The number of piperidine rings is 1. The summed E-state index contributed by atoms with van der Waals surface area (Å²) >= 11 is 6.05. The van der Waals surface area contributed by atoms with Gasteiger partial charge in [-0.15, -0.1) is 0 Å². The van der Waals surface area contributed by atoms with Gasteiger partial charge in [0.15, 0.2) is 0 Å². The zero-order valence-corrected chi connectivity index (χ0v) is 19.6. The van der Waals surface area contributed by atoms with Crippen LogP contribution in [0.4, 0.5) is 10.1 Å². The zero-order valence-electron chi connectivity index (χ0n) is 18.9. The van der Waals surface area contributed by atoms with Crippen LogP contribution < -0.4 is 4.90 Å². The molecule has 9 heteroatoms. The maximum atomic E-state index is 14.1. The average Bonchev–Trinajstić information content (AvgIpc) is 3.33. The van der Waals surface area contributed by atoms with Gasteiger partial charge < -0.3 is 14.3 Å². The Hall–Kier alpha value is -2.97. The number of hydrogen-bond donors (Lipinski definition) is 0. The quantitative estimate of drug-likeness (QED) is 0.544. The van der Waals surface area contributed by atoms with Crippen molar-refractivity contribution in [3.63, 3.8) is 0 Å². The number of piperazine rings is 1. The maximum Gasteiger partial charge on any atom is 0.241 e. The van der Waals surface area contributed by atoms with Gasteiger partial charge in [-0.1, -0.05) is 41.0 Å². The van der Waals surface area contributed by atoms with Crippen LogP contribution in [0.2, 0.25) is 5.02 Å². The fraction of sp³-hybridized carbons (Fsp3) is 0.400. The number of hydrogen-bond acceptors (Lipinski definition) is 6. The van der Waals surface area contributed by atoms with Gasteiger partial charge in [-0.2, -0.15) is 4.98 Å². The van der Waals surface area contributed by atoms with E-state index < -0.39 is 0 Å². The summed E-state index contributed by atoms with van der Waals surface area (Å²) in [6.45, 7) is 4.73. The summed E-state index contributed by atoms with van der Waals surface area (Å²) in [6, 6.07) is 14.2. The van der Waals surface area contributed by atoms with Crippen LogP contribution in [0.5, 0.6) is 0 Å². The lowest BCUT2D eigenvalue weighted by molar-refractivity contribution is -0.137. The van der Waals surface area contributed by atoms with E-state index >= 15 is 0 Å². The van der Waals surface area contributed by atoms with Crippen molar-refractivity contribution >= 4 is 23.2 Å². The fourth-order valence-electron chi connectivity index (χ4n) is 4.73. The number of halogens is 2. The Morgan fingerprint density at radius 3 is 2.53 bits per heavy atom. The molecule has 0 N–H and O–H groups in total. The highest BCUT2D eigenvalue weighted by molar-refractivity contribution is 6.30. The summed E-state index contributed by atoms with van der Waals surface area (Å²) < 4.78 is 19.5. The molecule has 2 aromatic carbocycles. The Morgan fingerprint density at radius 2 is 1.79 bits per heavy atom. The first-order valence-corrected chi connectivity index (χ1v) is 12.0. The molecule has 1 amide bonds. The number of carbonyl (C=O) groups is 1. The van der Waals surface area contributed by atoms with Gasteiger partial charge in [0.25, 0.3) is 0 Å². The molecule has 2 saturated heterocycles. The average molecular weight is 484 g/mol. The van der Waals surface area contributed by atoms with Crippen LogP contribution in [0.1, 0.15) is 18.7 Å². The van der Waals surface area contributed by atoms with Gasteiger partial charge >= 0.3 is 0 Å². The van der Waals surface area contributed by atoms with E-state index in [0.717, 1.165) is 31.5 Å². The third kappa shape index (κ3) is 5.08. The van der Waals surface area contributed by atoms with Gasteiger partial charge in [-0.25, -0.2) is 4.39 Å². The molecule has 2 aliphatic rings. The molecule has 7 nitrogen and oxygen atoms in total. The molecular formula is C25H27ClFN5O2. The van der Waals surface area contributed by atoms with E-state index in [-0.39, 0.29) is 17.6 Å². The van der Waals surface area contributed by atoms with Crippen molar-refractivity contribution in [2.24, 2.45) is 5.92 Å². The standard InChI is InChI=1S/C25H27ClFN5O2/c26-20-5-3-4-19(16-20)24-28-23(34-29-24)17-30-10-8-18(9-11-30)25(33)32-14-12-31(13-15-32)22-7-2-1-6-21(22)27/h1-7,16,18H,8-15,17H2. The molecule has 1 aromatic heterocycles. The van der Waals surface area contributed by atoms with Gasteiger partial charge in [0, 0.05) is 42.7 Å². The normalized spacial score (nSPS) is 17.8. The highest BCUT2D eigenvalue weighted by Gasteiger charge is 2.31. The number of carbonyl (C=O) groups excluding carboxylic acids is 1. The Balaban J connectivity index is 1.10. The second-order valence-corrected chi connectivity index (χ2v) is 9.27. The summed E-state index contributed by atoms with van der Waals surface area (Å²) in [5, 5.41) is 4.70. The molecule has 3 heterocycles. The monoisotopic (exact) mass is 483 g/mol. The molecule has 2 fully saturated rings. The van der Waals surface area contributed by atoms with Crippen LogP contribution in [-0.2, 0) is 11.3 Å². The minimum atomic E-state index is -0.212. The van der Waals surface area contributed by atoms with Gasteiger partial charge in [-0.3, -0.25) is 9.69 Å². The molecule has 0 spiro atoms. The van der Waals surface area contributed by atoms with Crippen LogP contribution in [0.15, 0.2) is 53.1 Å². The van der Waals surface area contributed by atoms with Gasteiger partial charge in [-0.05, 0) is 50.2 Å². The second kappa shape index (κ2) is 10.1. The summed E-state index contributed by atoms with van der Waals surface area (Å²) in [5.41, 5.74) is 1.43. The lowest BCUT2D eigenvalue weighted by Crippen LogP contribution is -2.51. The van der Waals surface area contributed by atoms with E-state index in [9.17, 15) is 9.18 Å². The van der Waals surface area contributed by atoms with Crippen molar-refractivity contribution in [2.45, 2.75) is 19.4 Å². The molecule has 0 atom stereocenters. The van der Waals surface area contributed by atoms with E-state index in [1.807, 2.05) is 34.1 Å². The SMILES string of the molecule is O=C(C1CCN(Cc2nc(-c3cccc(Cl)c3)no2)CC1)N1CCN(c2ccccc2F)CC1. The number of likely N-dealkylation sites (tertiary alicyclic amines) is 1. The molecular weight excluding hydrogens is 457 g/mol. The molecule has 3 aromatic rings.